The molecule has 0 aromatic heterocycles. The second-order valence-corrected chi connectivity index (χ2v) is 8.42. The van der Waals surface area contributed by atoms with Crippen LogP contribution in [0.3, 0.4) is 0 Å². The quantitative estimate of drug-likeness (QED) is 0.175. The van der Waals surface area contributed by atoms with Crippen molar-refractivity contribution >= 4 is 17.4 Å². The molecule has 0 saturated heterocycles. The van der Waals surface area contributed by atoms with Gasteiger partial charge >= 0.3 is 0 Å². The molecule has 0 aromatic rings. The third kappa shape index (κ3) is 10.8. The number of aliphatic imine (C=N–C) groups is 1. The van der Waals surface area contributed by atoms with E-state index in [1.54, 1.807) is 0 Å². The van der Waals surface area contributed by atoms with Crippen LogP contribution in [0.15, 0.2) is 4.99 Å². The van der Waals surface area contributed by atoms with E-state index in [1.165, 1.54) is 77.0 Å². The van der Waals surface area contributed by atoms with Gasteiger partial charge in [0, 0.05) is 6.54 Å². The summed E-state index contributed by atoms with van der Waals surface area (Å²) < 4.78 is 0. The van der Waals surface area contributed by atoms with Crippen molar-refractivity contribution in [2.45, 2.75) is 122 Å². The Balaban J connectivity index is 1.93. The number of aliphatic hydroxyl groups excluding tert-OH is 1. The van der Waals surface area contributed by atoms with Crippen molar-refractivity contribution in [2.24, 2.45) is 4.99 Å². The van der Waals surface area contributed by atoms with E-state index in [0.717, 1.165) is 38.2 Å². The maximum absolute atomic E-state index is 10.4. The first-order chi connectivity index (χ1) is 12.7. The van der Waals surface area contributed by atoms with E-state index >= 15 is 0 Å². The average Bonchev–Trinajstić information content (AvgIpc) is 2.99. The zero-order valence-electron chi connectivity index (χ0n) is 17.4. The first-order valence-electron chi connectivity index (χ1n) is 11.3. The van der Waals surface area contributed by atoms with E-state index in [4.69, 9.17) is 11.6 Å². The summed E-state index contributed by atoms with van der Waals surface area (Å²) in [6.07, 6.45) is 19.1. The summed E-state index contributed by atoms with van der Waals surface area (Å²) in [6.45, 7) is 6.12. The Hall–Kier alpha value is -0.280. The number of halogens is 1. The van der Waals surface area contributed by atoms with Gasteiger partial charge in [-0.1, -0.05) is 109 Å². The lowest BCUT2D eigenvalue weighted by Gasteiger charge is -2.23. The van der Waals surface area contributed by atoms with Crippen LogP contribution in [0.4, 0.5) is 0 Å². The lowest BCUT2D eigenvalue weighted by Crippen LogP contribution is -2.37. The van der Waals surface area contributed by atoms with Crippen molar-refractivity contribution in [3.8, 4) is 0 Å². The minimum Gasteiger partial charge on any atom is -0.385 e. The molecular weight excluding hydrogens is 344 g/mol. The van der Waals surface area contributed by atoms with Crippen LogP contribution in [0.1, 0.15) is 110 Å². The zero-order valence-corrected chi connectivity index (χ0v) is 18.2. The molecule has 0 bridgehead atoms. The molecule has 0 amide bonds. The van der Waals surface area contributed by atoms with Gasteiger partial charge in [-0.25, -0.2) is 4.99 Å². The molecule has 4 heteroatoms. The lowest BCUT2D eigenvalue weighted by atomic mass is 10.0. The Morgan fingerprint density at radius 2 is 1.38 bits per heavy atom. The average molecular weight is 387 g/mol. The van der Waals surface area contributed by atoms with E-state index in [2.05, 4.69) is 23.7 Å². The van der Waals surface area contributed by atoms with Crippen molar-refractivity contribution in [3.63, 3.8) is 0 Å². The third-order valence-electron chi connectivity index (χ3n) is 5.34. The van der Waals surface area contributed by atoms with Crippen LogP contribution in [0, 0.1) is 0 Å². The van der Waals surface area contributed by atoms with Crippen LogP contribution >= 0.6 is 11.6 Å². The van der Waals surface area contributed by atoms with Gasteiger partial charge in [0.05, 0.1) is 6.54 Å². The van der Waals surface area contributed by atoms with Gasteiger partial charge in [0.2, 0.25) is 0 Å². The van der Waals surface area contributed by atoms with Crippen LogP contribution < -0.4 is 0 Å². The van der Waals surface area contributed by atoms with E-state index in [-0.39, 0.29) is 5.50 Å². The summed E-state index contributed by atoms with van der Waals surface area (Å²) in [5.41, 5.74) is -0.183. The summed E-state index contributed by atoms with van der Waals surface area (Å²) in [5, 5.41) is 10.4. The molecule has 1 N–H and O–H groups in total. The maximum atomic E-state index is 10.4. The fourth-order valence-electron chi connectivity index (χ4n) is 3.80. The zero-order chi connectivity index (χ0) is 19.0. The van der Waals surface area contributed by atoms with E-state index in [0.29, 0.717) is 0 Å². The van der Waals surface area contributed by atoms with E-state index in [9.17, 15) is 5.11 Å². The number of hydrogen-bond acceptors (Lipinski definition) is 3. The fourth-order valence-corrected chi connectivity index (χ4v) is 4.07. The molecule has 0 spiro atoms. The van der Waals surface area contributed by atoms with Crippen molar-refractivity contribution in [3.05, 3.63) is 0 Å². The molecule has 154 valence electrons. The number of unbranched alkanes of at least 4 members (excludes halogenated alkanes) is 12. The minimum atomic E-state index is -0.432. The highest BCUT2D eigenvalue weighted by molar-refractivity contribution is 6.22. The minimum absolute atomic E-state index is 0.183. The van der Waals surface area contributed by atoms with Crippen LogP contribution in [0.25, 0.3) is 0 Å². The van der Waals surface area contributed by atoms with Crippen molar-refractivity contribution in [1.82, 2.24) is 4.90 Å². The number of amidine groups is 1. The summed E-state index contributed by atoms with van der Waals surface area (Å²) in [4.78, 5) is 6.58. The van der Waals surface area contributed by atoms with Crippen molar-refractivity contribution in [2.75, 3.05) is 13.1 Å². The molecule has 3 nitrogen and oxygen atoms in total. The SMILES string of the molecule is CCCCCCCCCCCCCCCC(O)C1=NC(Cl)CN1CCC. The van der Waals surface area contributed by atoms with Crippen LogP contribution in [0.5, 0.6) is 0 Å². The van der Waals surface area contributed by atoms with Gasteiger partial charge in [-0.15, -0.1) is 0 Å². The molecule has 0 aromatic carbocycles. The third-order valence-corrected chi connectivity index (χ3v) is 5.58. The molecule has 0 aliphatic carbocycles. The van der Waals surface area contributed by atoms with E-state index in [1.807, 2.05) is 0 Å². The van der Waals surface area contributed by atoms with Gasteiger partial charge in [0.15, 0.2) is 0 Å². The van der Waals surface area contributed by atoms with Crippen LogP contribution in [0.2, 0.25) is 0 Å². The first-order valence-corrected chi connectivity index (χ1v) is 11.8. The topological polar surface area (TPSA) is 35.8 Å². The molecule has 1 heterocycles. The monoisotopic (exact) mass is 386 g/mol. The molecule has 26 heavy (non-hydrogen) atoms. The molecule has 1 rings (SSSR count). The Morgan fingerprint density at radius 1 is 0.885 bits per heavy atom. The maximum Gasteiger partial charge on any atom is 0.143 e. The predicted octanol–water partition coefficient (Wildman–Crippen LogP) is 6.52. The fraction of sp³-hybridized carbons (Fsp3) is 0.955. The highest BCUT2D eigenvalue weighted by atomic mass is 35.5. The highest BCUT2D eigenvalue weighted by Crippen LogP contribution is 2.18. The number of alkyl halides is 1. The Kier molecular flexibility index (Phi) is 14.4. The van der Waals surface area contributed by atoms with Gasteiger partial charge < -0.3 is 10.0 Å². The summed E-state index contributed by atoms with van der Waals surface area (Å²) in [5.74, 6) is 0.825. The molecule has 0 saturated carbocycles. The molecule has 1 aliphatic heterocycles. The summed E-state index contributed by atoms with van der Waals surface area (Å²) >= 11 is 6.13. The van der Waals surface area contributed by atoms with Crippen molar-refractivity contribution < 1.29 is 5.11 Å². The molecule has 1 aliphatic rings. The largest absolute Gasteiger partial charge is 0.385 e. The smallest absolute Gasteiger partial charge is 0.143 e. The summed E-state index contributed by atoms with van der Waals surface area (Å²) in [6, 6.07) is 0. The first kappa shape index (κ1) is 23.8. The molecule has 0 radical (unpaired) electrons. The van der Waals surface area contributed by atoms with Crippen molar-refractivity contribution in [1.29, 1.82) is 0 Å². The molecular formula is C22H43ClN2O. The number of rotatable bonds is 17. The van der Waals surface area contributed by atoms with Gasteiger partial charge in [0.25, 0.3) is 0 Å². The number of nitrogens with zero attached hydrogens (tertiary/aromatic N) is 2. The van der Waals surface area contributed by atoms with Gasteiger partial charge in [-0.3, -0.25) is 0 Å². The second-order valence-electron chi connectivity index (χ2n) is 7.91. The predicted molar refractivity (Wildman–Crippen MR) is 115 cm³/mol. The normalized spacial score (nSPS) is 18.4. The van der Waals surface area contributed by atoms with Crippen LogP contribution in [-0.2, 0) is 0 Å². The Labute approximate surface area is 167 Å². The highest BCUT2D eigenvalue weighted by Gasteiger charge is 2.27. The van der Waals surface area contributed by atoms with Gasteiger partial charge in [-0.2, -0.15) is 0 Å². The lowest BCUT2D eigenvalue weighted by molar-refractivity contribution is 0.209. The standard InChI is InChI=1S/C22H43ClN2O/c1-3-5-6-7-8-9-10-11-12-13-14-15-16-17-20(26)22-24-21(23)19-25(22)18-4-2/h20-21,26H,3-19H2,1-2H3. The molecule has 0 fully saturated rings. The second kappa shape index (κ2) is 15.7. The number of hydrogen-bond donors (Lipinski definition) is 1. The molecule has 2 atom stereocenters. The number of aliphatic hydroxyl groups is 1. The van der Waals surface area contributed by atoms with Gasteiger partial charge in [0.1, 0.15) is 17.4 Å². The van der Waals surface area contributed by atoms with E-state index < -0.39 is 6.10 Å². The Bertz CT molecular complexity index is 362. The summed E-state index contributed by atoms with van der Waals surface area (Å²) in [7, 11) is 0. The van der Waals surface area contributed by atoms with Crippen LogP contribution in [-0.4, -0.2) is 40.5 Å². The molecule has 2 unspecified atom stereocenters. The Morgan fingerprint density at radius 3 is 1.88 bits per heavy atom. The van der Waals surface area contributed by atoms with Gasteiger partial charge in [-0.05, 0) is 12.8 Å².